The smallest absolute Gasteiger partial charge is 0.493 e. The Balaban J connectivity index is 1.70. The number of methoxy groups -OCH3 is 2. The summed E-state index contributed by atoms with van der Waals surface area (Å²) in [6.45, 7) is 0.744. The molecule has 0 saturated carbocycles. The van der Waals surface area contributed by atoms with Crippen molar-refractivity contribution >= 4 is 5.69 Å². The van der Waals surface area contributed by atoms with Gasteiger partial charge in [0.05, 0.1) is 19.9 Å². The van der Waals surface area contributed by atoms with Crippen molar-refractivity contribution in [2.75, 3.05) is 26.1 Å². The molecule has 7 heteroatoms. The predicted octanol–water partition coefficient (Wildman–Crippen LogP) is 6.70. The normalized spacial score (nSPS) is 11.2. The molecule has 3 aromatic carbocycles. The molecule has 0 aliphatic rings. The molecule has 0 unspecified atom stereocenters. The molecular weight excluding hydrogens is 419 g/mol. The highest BCUT2D eigenvalue weighted by Gasteiger charge is 2.31. The molecule has 0 aliphatic carbocycles. The van der Waals surface area contributed by atoms with E-state index in [-0.39, 0.29) is 5.75 Å². The van der Waals surface area contributed by atoms with Gasteiger partial charge >= 0.3 is 6.36 Å². The van der Waals surface area contributed by atoms with Gasteiger partial charge in [-0.25, -0.2) is 0 Å². The van der Waals surface area contributed by atoms with Crippen LogP contribution in [0.4, 0.5) is 18.9 Å². The van der Waals surface area contributed by atoms with Crippen LogP contribution in [-0.4, -0.2) is 27.1 Å². The van der Waals surface area contributed by atoms with Crippen molar-refractivity contribution in [2.24, 2.45) is 0 Å². The number of benzene rings is 3. The lowest BCUT2D eigenvalue weighted by atomic mass is 10.0. The number of halogens is 3. The molecule has 0 atom stereocenters. The number of hydrogen-bond acceptors (Lipinski definition) is 4. The molecule has 3 aromatic rings. The van der Waals surface area contributed by atoms with Crippen LogP contribution in [0.5, 0.6) is 17.2 Å². The fourth-order valence-corrected chi connectivity index (χ4v) is 3.43. The topological polar surface area (TPSA) is 39.7 Å². The first-order chi connectivity index (χ1) is 15.4. The molecule has 32 heavy (non-hydrogen) atoms. The lowest BCUT2D eigenvalue weighted by Crippen LogP contribution is -2.16. The molecule has 1 N–H and O–H groups in total. The fourth-order valence-electron chi connectivity index (χ4n) is 3.43. The Bertz CT molecular complexity index is 990. The molecular formula is C25H26F3NO3. The summed E-state index contributed by atoms with van der Waals surface area (Å²) in [5.41, 5.74) is 3.59. The van der Waals surface area contributed by atoms with E-state index in [4.69, 9.17) is 9.47 Å². The van der Waals surface area contributed by atoms with Gasteiger partial charge in [-0.2, -0.15) is 0 Å². The van der Waals surface area contributed by atoms with E-state index in [1.165, 1.54) is 17.7 Å². The van der Waals surface area contributed by atoms with Crippen LogP contribution in [0.25, 0.3) is 11.1 Å². The van der Waals surface area contributed by atoms with E-state index in [1.807, 2.05) is 24.3 Å². The molecule has 0 spiro atoms. The summed E-state index contributed by atoms with van der Waals surface area (Å²) in [5, 5.41) is 3.40. The highest BCUT2D eigenvalue weighted by Crippen LogP contribution is 2.40. The zero-order chi connectivity index (χ0) is 23.0. The maximum absolute atomic E-state index is 12.4. The minimum absolute atomic E-state index is 0.265. The average molecular weight is 445 g/mol. The molecule has 0 amide bonds. The number of hydrogen-bond donors (Lipinski definition) is 1. The van der Waals surface area contributed by atoms with E-state index in [1.54, 1.807) is 32.4 Å². The summed E-state index contributed by atoms with van der Waals surface area (Å²) in [6.07, 6.45) is -1.71. The van der Waals surface area contributed by atoms with Crippen molar-refractivity contribution in [1.82, 2.24) is 0 Å². The molecule has 4 nitrogen and oxygen atoms in total. The van der Waals surface area contributed by atoms with Crippen LogP contribution >= 0.6 is 0 Å². The van der Waals surface area contributed by atoms with Gasteiger partial charge in [0.2, 0.25) is 0 Å². The first kappa shape index (κ1) is 23.3. The lowest BCUT2D eigenvalue weighted by Gasteiger charge is -2.17. The molecule has 0 fully saturated rings. The third-order valence-corrected chi connectivity index (χ3v) is 4.95. The number of alkyl halides is 3. The zero-order valence-electron chi connectivity index (χ0n) is 18.0. The van der Waals surface area contributed by atoms with Crippen molar-refractivity contribution in [3.8, 4) is 28.4 Å². The predicted molar refractivity (Wildman–Crippen MR) is 120 cm³/mol. The first-order valence-electron chi connectivity index (χ1n) is 10.3. The lowest BCUT2D eigenvalue weighted by molar-refractivity contribution is -0.274. The minimum Gasteiger partial charge on any atom is -0.493 e. The van der Waals surface area contributed by atoms with Crippen LogP contribution in [-0.2, 0) is 6.42 Å². The van der Waals surface area contributed by atoms with Crippen LogP contribution in [0.15, 0.2) is 66.7 Å². The fraction of sp³-hybridized carbons (Fsp3) is 0.280. The van der Waals surface area contributed by atoms with Gasteiger partial charge < -0.3 is 19.5 Å². The van der Waals surface area contributed by atoms with E-state index in [2.05, 4.69) is 22.2 Å². The quantitative estimate of drug-likeness (QED) is 0.352. The number of rotatable bonds is 10. The van der Waals surface area contributed by atoms with Crippen molar-refractivity contribution in [2.45, 2.75) is 25.6 Å². The molecule has 0 bridgehead atoms. The van der Waals surface area contributed by atoms with E-state index in [0.717, 1.165) is 42.6 Å². The second kappa shape index (κ2) is 10.8. The number of anilines is 1. The Hall–Kier alpha value is -3.35. The van der Waals surface area contributed by atoms with Crippen LogP contribution in [0, 0.1) is 0 Å². The molecule has 0 saturated heterocycles. The van der Waals surface area contributed by atoms with Gasteiger partial charge in [0.1, 0.15) is 5.75 Å². The zero-order valence-corrected chi connectivity index (χ0v) is 18.0. The van der Waals surface area contributed by atoms with Crippen molar-refractivity contribution in [3.63, 3.8) is 0 Å². The van der Waals surface area contributed by atoms with Gasteiger partial charge in [0.15, 0.2) is 11.5 Å². The van der Waals surface area contributed by atoms with E-state index >= 15 is 0 Å². The molecule has 170 valence electrons. The van der Waals surface area contributed by atoms with Crippen molar-refractivity contribution in [1.29, 1.82) is 0 Å². The van der Waals surface area contributed by atoms with Gasteiger partial charge in [-0.05, 0) is 60.2 Å². The number of ether oxygens (including phenoxy) is 3. The number of unbranched alkanes of at least 4 members (excludes halogenated alkanes) is 1. The van der Waals surface area contributed by atoms with Crippen molar-refractivity contribution in [3.05, 3.63) is 72.3 Å². The SMILES string of the molecule is COc1cc(-c2ccc(OC(F)(F)F)cc2)cc(NCCCCc2ccccc2)c1OC. The summed E-state index contributed by atoms with van der Waals surface area (Å²) < 4.78 is 52.2. The average Bonchev–Trinajstić information content (AvgIpc) is 2.78. The van der Waals surface area contributed by atoms with Crippen LogP contribution in [0.1, 0.15) is 18.4 Å². The maximum Gasteiger partial charge on any atom is 0.573 e. The standard InChI is InChI=1S/C25H26F3NO3/c1-30-23-17-20(19-11-13-21(14-12-19)32-25(26,27)28)16-22(24(23)31-2)29-15-7-6-10-18-8-4-3-5-9-18/h3-5,8-9,11-14,16-17,29H,6-7,10,15H2,1-2H3. The maximum atomic E-state index is 12.4. The van der Waals surface area contributed by atoms with Gasteiger partial charge in [-0.15, -0.1) is 13.2 Å². The second-order valence-corrected chi connectivity index (χ2v) is 7.20. The van der Waals surface area contributed by atoms with Crippen molar-refractivity contribution < 1.29 is 27.4 Å². The Morgan fingerprint density at radius 3 is 2.16 bits per heavy atom. The monoisotopic (exact) mass is 445 g/mol. The van der Waals surface area contributed by atoms with Gasteiger partial charge in [0.25, 0.3) is 0 Å². The third kappa shape index (κ3) is 6.57. The highest BCUT2D eigenvalue weighted by molar-refractivity contribution is 5.76. The summed E-state index contributed by atoms with van der Waals surface area (Å²) >= 11 is 0. The van der Waals surface area contributed by atoms with E-state index in [0.29, 0.717) is 11.5 Å². The largest absolute Gasteiger partial charge is 0.573 e. The van der Waals surface area contributed by atoms with Gasteiger partial charge in [-0.1, -0.05) is 42.5 Å². The molecule has 0 radical (unpaired) electrons. The Morgan fingerprint density at radius 1 is 0.812 bits per heavy atom. The Kier molecular flexibility index (Phi) is 7.87. The Labute approximate surface area is 185 Å². The molecule has 0 aromatic heterocycles. The van der Waals surface area contributed by atoms with Crippen LogP contribution in [0.3, 0.4) is 0 Å². The summed E-state index contributed by atoms with van der Waals surface area (Å²) in [7, 11) is 3.12. The third-order valence-electron chi connectivity index (χ3n) is 4.95. The molecule has 3 rings (SSSR count). The molecule has 0 aliphatic heterocycles. The first-order valence-corrected chi connectivity index (χ1v) is 10.3. The van der Waals surface area contributed by atoms with E-state index < -0.39 is 6.36 Å². The molecule has 0 heterocycles. The number of aryl methyl sites for hydroxylation is 1. The summed E-state index contributed by atoms with van der Waals surface area (Å²) in [4.78, 5) is 0. The highest BCUT2D eigenvalue weighted by atomic mass is 19.4. The van der Waals surface area contributed by atoms with Crippen LogP contribution < -0.4 is 19.5 Å². The van der Waals surface area contributed by atoms with Gasteiger partial charge in [0, 0.05) is 6.54 Å². The minimum atomic E-state index is -4.72. The van der Waals surface area contributed by atoms with Crippen LogP contribution in [0.2, 0.25) is 0 Å². The number of nitrogens with one attached hydrogen (secondary N) is 1. The van der Waals surface area contributed by atoms with E-state index in [9.17, 15) is 13.2 Å². The Morgan fingerprint density at radius 2 is 1.53 bits per heavy atom. The summed E-state index contributed by atoms with van der Waals surface area (Å²) in [5.74, 6) is 0.849. The second-order valence-electron chi connectivity index (χ2n) is 7.20. The summed E-state index contributed by atoms with van der Waals surface area (Å²) in [6, 6.07) is 19.7. The van der Waals surface area contributed by atoms with Gasteiger partial charge in [-0.3, -0.25) is 0 Å².